The summed E-state index contributed by atoms with van der Waals surface area (Å²) in [4.78, 5) is 23.8. The molecule has 1 heterocycles. The largest absolute Gasteiger partial charge is 0.383 e. The van der Waals surface area contributed by atoms with Gasteiger partial charge in [-0.3, -0.25) is 9.59 Å². The molecular formula is C12H16ClF4NO2. The van der Waals surface area contributed by atoms with Crippen molar-refractivity contribution in [3.8, 4) is 0 Å². The number of piperidine rings is 1. The van der Waals surface area contributed by atoms with Gasteiger partial charge in [-0.25, -0.2) is 8.78 Å². The molecule has 0 aliphatic carbocycles. The van der Waals surface area contributed by atoms with Crippen molar-refractivity contribution in [2.75, 3.05) is 12.4 Å². The summed E-state index contributed by atoms with van der Waals surface area (Å²) in [5, 5.41) is 0. The highest BCUT2D eigenvalue weighted by Crippen LogP contribution is 2.32. The molecule has 1 saturated heterocycles. The van der Waals surface area contributed by atoms with Gasteiger partial charge in [0.05, 0.1) is 11.9 Å². The highest BCUT2D eigenvalue weighted by molar-refractivity contribution is 6.28. The lowest BCUT2D eigenvalue weighted by Crippen LogP contribution is -2.57. The Morgan fingerprint density at radius 2 is 2.00 bits per heavy atom. The van der Waals surface area contributed by atoms with E-state index in [-0.39, 0.29) is 18.9 Å². The molecule has 1 rings (SSSR count). The Morgan fingerprint density at radius 1 is 1.40 bits per heavy atom. The number of carbonyl (C=O) groups is 2. The molecule has 20 heavy (non-hydrogen) atoms. The Hall–Kier alpha value is -0.850. The van der Waals surface area contributed by atoms with Crippen LogP contribution >= 0.6 is 11.6 Å². The van der Waals surface area contributed by atoms with Crippen LogP contribution in [0.4, 0.5) is 17.6 Å². The summed E-state index contributed by atoms with van der Waals surface area (Å²) in [6, 6.07) is -1.14. The fourth-order valence-corrected chi connectivity index (χ4v) is 2.51. The van der Waals surface area contributed by atoms with Crippen molar-refractivity contribution in [2.45, 2.75) is 44.6 Å². The summed E-state index contributed by atoms with van der Waals surface area (Å²) in [6.07, 6.45) is -2.77. The molecule has 8 heteroatoms. The van der Waals surface area contributed by atoms with E-state index in [2.05, 4.69) is 0 Å². The van der Waals surface area contributed by atoms with Crippen molar-refractivity contribution in [3.63, 3.8) is 0 Å². The Labute approximate surface area is 119 Å². The molecule has 0 saturated carbocycles. The van der Waals surface area contributed by atoms with Crippen LogP contribution in [0.25, 0.3) is 0 Å². The molecule has 0 aromatic carbocycles. The fraction of sp³-hybridized carbons (Fsp3) is 0.833. The Bertz CT molecular complexity index is 378. The van der Waals surface area contributed by atoms with E-state index in [1.165, 1.54) is 0 Å². The molecule has 1 aliphatic rings. The third kappa shape index (κ3) is 3.42. The van der Waals surface area contributed by atoms with Crippen LogP contribution in [-0.2, 0) is 9.59 Å². The van der Waals surface area contributed by atoms with Gasteiger partial charge in [-0.1, -0.05) is 13.3 Å². The lowest BCUT2D eigenvalue weighted by molar-refractivity contribution is -0.185. The summed E-state index contributed by atoms with van der Waals surface area (Å²) in [6.45, 7) is 1.74. The second-order valence-corrected chi connectivity index (χ2v) is 5.10. The first-order valence-corrected chi connectivity index (χ1v) is 6.84. The van der Waals surface area contributed by atoms with E-state index in [1.54, 1.807) is 0 Å². The zero-order valence-corrected chi connectivity index (χ0v) is 11.7. The van der Waals surface area contributed by atoms with E-state index in [0.29, 0.717) is 11.3 Å². The van der Waals surface area contributed by atoms with Crippen LogP contribution in [0, 0.1) is 5.92 Å². The summed E-state index contributed by atoms with van der Waals surface area (Å²) in [5.74, 6) is -7.71. The lowest BCUT2D eigenvalue weighted by atomic mass is 9.87. The molecule has 2 atom stereocenters. The normalized spacial score (nSPS) is 24.1. The molecule has 116 valence electrons. The molecule has 0 spiro atoms. The number of Topliss-reactive ketones (excluding diaryl/α,β-unsaturated/α-hetero) is 1. The third-order valence-electron chi connectivity index (χ3n) is 3.61. The van der Waals surface area contributed by atoms with Gasteiger partial charge in [-0.05, 0) is 18.8 Å². The van der Waals surface area contributed by atoms with Gasteiger partial charge in [0.1, 0.15) is 0 Å². The second-order valence-electron chi connectivity index (χ2n) is 4.84. The first-order chi connectivity index (χ1) is 9.25. The van der Waals surface area contributed by atoms with Gasteiger partial charge in [0.15, 0.2) is 5.78 Å². The van der Waals surface area contributed by atoms with E-state index in [1.807, 2.05) is 6.92 Å². The number of carbonyl (C=O) groups excluding carboxylic acids is 2. The minimum Gasteiger partial charge on any atom is -0.327 e. The minimum atomic E-state index is -4.77. The monoisotopic (exact) mass is 317 g/mol. The van der Waals surface area contributed by atoms with Crippen LogP contribution < -0.4 is 0 Å². The first kappa shape index (κ1) is 17.2. The highest BCUT2D eigenvalue weighted by atomic mass is 35.5. The number of alkyl halides is 5. The zero-order valence-electron chi connectivity index (χ0n) is 10.9. The zero-order chi connectivity index (χ0) is 15.5. The maximum absolute atomic E-state index is 13.2. The average molecular weight is 318 g/mol. The van der Waals surface area contributed by atoms with Gasteiger partial charge >= 0.3 is 12.3 Å². The number of halogens is 5. The molecule has 0 bridgehead atoms. The van der Waals surface area contributed by atoms with E-state index in [4.69, 9.17) is 11.6 Å². The van der Waals surface area contributed by atoms with Crippen LogP contribution in [0.15, 0.2) is 0 Å². The lowest BCUT2D eigenvalue weighted by Gasteiger charge is -2.39. The standard InChI is InChI=1S/C12H16ClF4NO2/c1-2-7-3-4-18(8(5-7)9(19)6-13)11(20)12(16,17)10(14)15/h7-8,10H,2-6H2,1H3. The first-order valence-electron chi connectivity index (χ1n) is 6.31. The maximum Gasteiger partial charge on any atom is 0.383 e. The van der Waals surface area contributed by atoms with Crippen LogP contribution in [0.2, 0.25) is 0 Å². The molecule has 1 aliphatic heterocycles. The second kappa shape index (κ2) is 6.74. The van der Waals surface area contributed by atoms with Crippen molar-refractivity contribution in [3.05, 3.63) is 0 Å². The fourth-order valence-electron chi connectivity index (χ4n) is 2.33. The van der Waals surface area contributed by atoms with Gasteiger partial charge in [0.2, 0.25) is 0 Å². The number of rotatable bonds is 5. The molecule has 0 aromatic heterocycles. The summed E-state index contributed by atoms with van der Waals surface area (Å²) in [5.41, 5.74) is 0. The molecule has 1 fully saturated rings. The number of hydrogen-bond acceptors (Lipinski definition) is 2. The van der Waals surface area contributed by atoms with Crippen molar-refractivity contribution in [1.29, 1.82) is 0 Å². The molecule has 3 nitrogen and oxygen atoms in total. The van der Waals surface area contributed by atoms with Crippen LogP contribution in [0.5, 0.6) is 0 Å². The average Bonchev–Trinajstić information content (AvgIpc) is 2.44. The van der Waals surface area contributed by atoms with Crippen molar-refractivity contribution in [2.24, 2.45) is 5.92 Å². The van der Waals surface area contributed by atoms with E-state index < -0.39 is 36.0 Å². The number of amides is 1. The Kier molecular flexibility index (Phi) is 5.79. The minimum absolute atomic E-state index is 0.0939. The Balaban J connectivity index is 2.96. The topological polar surface area (TPSA) is 37.4 Å². The van der Waals surface area contributed by atoms with Gasteiger partial charge in [-0.15, -0.1) is 11.6 Å². The molecule has 0 N–H and O–H groups in total. The quantitative estimate of drug-likeness (QED) is 0.577. The van der Waals surface area contributed by atoms with E-state index in [9.17, 15) is 27.2 Å². The van der Waals surface area contributed by atoms with Crippen LogP contribution in [0.3, 0.4) is 0 Å². The maximum atomic E-state index is 13.2. The Morgan fingerprint density at radius 3 is 2.45 bits per heavy atom. The summed E-state index contributed by atoms with van der Waals surface area (Å²) in [7, 11) is 0. The van der Waals surface area contributed by atoms with E-state index in [0.717, 1.165) is 6.42 Å². The van der Waals surface area contributed by atoms with Crippen molar-refractivity contribution in [1.82, 2.24) is 4.90 Å². The summed E-state index contributed by atoms with van der Waals surface area (Å²) < 4.78 is 50.8. The SMILES string of the molecule is CCC1CCN(C(=O)C(F)(F)C(F)F)C(C(=O)CCl)C1. The predicted molar refractivity (Wildman–Crippen MR) is 65.2 cm³/mol. The van der Waals surface area contributed by atoms with Crippen molar-refractivity contribution < 1.29 is 27.2 Å². The smallest absolute Gasteiger partial charge is 0.327 e. The van der Waals surface area contributed by atoms with Gasteiger partial charge < -0.3 is 4.90 Å². The van der Waals surface area contributed by atoms with Gasteiger partial charge in [0.25, 0.3) is 5.91 Å². The molecule has 0 radical (unpaired) electrons. The van der Waals surface area contributed by atoms with Crippen LogP contribution in [0.1, 0.15) is 26.2 Å². The molecule has 2 unspecified atom stereocenters. The van der Waals surface area contributed by atoms with E-state index >= 15 is 0 Å². The molecule has 0 aromatic rings. The molecule has 1 amide bonds. The summed E-state index contributed by atoms with van der Waals surface area (Å²) >= 11 is 5.40. The van der Waals surface area contributed by atoms with Crippen molar-refractivity contribution >= 4 is 23.3 Å². The number of likely N-dealkylation sites (tertiary alicyclic amines) is 1. The molecular weight excluding hydrogens is 302 g/mol. The predicted octanol–water partition coefficient (Wildman–Crippen LogP) is 2.71. The third-order valence-corrected chi connectivity index (χ3v) is 3.88. The number of ketones is 1. The number of nitrogens with zero attached hydrogens (tertiary/aromatic N) is 1. The number of hydrogen-bond donors (Lipinski definition) is 0. The van der Waals surface area contributed by atoms with Crippen LogP contribution in [-0.4, -0.2) is 47.4 Å². The highest BCUT2D eigenvalue weighted by Gasteiger charge is 2.53. The van der Waals surface area contributed by atoms with Gasteiger partial charge in [0, 0.05) is 6.54 Å². The van der Waals surface area contributed by atoms with Gasteiger partial charge in [-0.2, -0.15) is 8.78 Å².